The molecule has 1 atom stereocenters. The number of hydrogen-bond acceptors (Lipinski definition) is 2. The van der Waals surface area contributed by atoms with Crippen LogP contribution in [0.15, 0.2) is 18.2 Å². The summed E-state index contributed by atoms with van der Waals surface area (Å²) in [6.45, 7) is 1.96. The summed E-state index contributed by atoms with van der Waals surface area (Å²) in [5.74, 6) is 0.206. The lowest BCUT2D eigenvalue weighted by Crippen LogP contribution is -2.09. The number of hydrogen-bond donors (Lipinski definition) is 1. The van der Waals surface area contributed by atoms with Gasteiger partial charge in [0.15, 0.2) is 0 Å². The van der Waals surface area contributed by atoms with Gasteiger partial charge in [0.05, 0.1) is 7.11 Å². The van der Waals surface area contributed by atoms with Crippen LogP contribution in [0.3, 0.4) is 0 Å². The van der Waals surface area contributed by atoms with Gasteiger partial charge < -0.3 is 10.5 Å². The second-order valence-corrected chi connectivity index (χ2v) is 2.94. The average Bonchev–Trinajstić information content (AvgIpc) is 2.15. The molecular weight excluding hydrogens is 169 g/mol. The molecule has 0 heterocycles. The van der Waals surface area contributed by atoms with Crippen molar-refractivity contribution in [3.8, 4) is 5.75 Å². The normalized spacial score (nSPS) is 12.6. The third-order valence-corrected chi connectivity index (χ3v) is 2.00. The number of ether oxygens (including phenoxy) is 1. The fourth-order valence-corrected chi connectivity index (χ4v) is 1.15. The van der Waals surface area contributed by atoms with Crippen LogP contribution in [0.5, 0.6) is 5.75 Å². The number of benzene rings is 1. The van der Waals surface area contributed by atoms with Crippen LogP contribution in [-0.4, -0.2) is 7.11 Å². The zero-order valence-electron chi connectivity index (χ0n) is 7.88. The highest BCUT2D eigenvalue weighted by Gasteiger charge is 2.06. The smallest absolute Gasteiger partial charge is 0.127 e. The Balaban J connectivity index is 3.01. The topological polar surface area (TPSA) is 35.2 Å². The lowest BCUT2D eigenvalue weighted by atomic mass is 10.1. The van der Waals surface area contributed by atoms with Crippen molar-refractivity contribution >= 4 is 0 Å². The molecule has 0 saturated carbocycles. The summed E-state index contributed by atoms with van der Waals surface area (Å²) in [5.41, 5.74) is 6.54. The Morgan fingerprint density at radius 3 is 2.69 bits per heavy atom. The van der Waals surface area contributed by atoms with E-state index < -0.39 is 0 Å². The van der Waals surface area contributed by atoms with E-state index in [0.717, 1.165) is 12.0 Å². The fraction of sp³-hybridized carbons (Fsp3) is 0.400. The summed E-state index contributed by atoms with van der Waals surface area (Å²) >= 11 is 0. The van der Waals surface area contributed by atoms with Crippen molar-refractivity contribution in [2.45, 2.75) is 19.4 Å². The molecule has 1 aromatic rings. The van der Waals surface area contributed by atoms with Crippen molar-refractivity contribution in [1.29, 1.82) is 0 Å². The predicted octanol–water partition coefficient (Wildman–Crippen LogP) is 2.24. The molecule has 0 aliphatic carbocycles. The molecular formula is C10H14FNO. The maximum Gasteiger partial charge on any atom is 0.127 e. The van der Waals surface area contributed by atoms with Crippen molar-refractivity contribution in [1.82, 2.24) is 0 Å². The zero-order valence-corrected chi connectivity index (χ0v) is 7.88. The Hall–Kier alpha value is -1.09. The molecule has 13 heavy (non-hydrogen) atoms. The van der Waals surface area contributed by atoms with Gasteiger partial charge in [0.1, 0.15) is 11.6 Å². The van der Waals surface area contributed by atoms with Crippen LogP contribution in [0.1, 0.15) is 24.9 Å². The molecule has 0 amide bonds. The maximum absolute atomic E-state index is 13.0. The number of halogens is 1. The second-order valence-electron chi connectivity index (χ2n) is 2.94. The third kappa shape index (κ3) is 2.42. The molecule has 0 fully saturated rings. The molecule has 0 aromatic heterocycles. The molecule has 0 aliphatic rings. The average molecular weight is 183 g/mol. The van der Waals surface area contributed by atoms with Gasteiger partial charge in [-0.3, -0.25) is 0 Å². The molecule has 72 valence electrons. The van der Waals surface area contributed by atoms with Crippen molar-refractivity contribution in [3.05, 3.63) is 29.6 Å². The van der Waals surface area contributed by atoms with Crippen LogP contribution in [0, 0.1) is 5.82 Å². The summed E-state index contributed by atoms with van der Waals surface area (Å²) in [5, 5.41) is 0. The summed E-state index contributed by atoms with van der Waals surface area (Å²) < 4.78 is 17.9. The molecule has 0 saturated heterocycles. The monoisotopic (exact) mass is 183 g/mol. The summed E-state index contributed by atoms with van der Waals surface area (Å²) in [4.78, 5) is 0. The molecule has 0 spiro atoms. The van der Waals surface area contributed by atoms with Gasteiger partial charge in [-0.05, 0) is 24.1 Å². The Morgan fingerprint density at radius 1 is 1.46 bits per heavy atom. The Morgan fingerprint density at radius 2 is 2.15 bits per heavy atom. The molecule has 1 aromatic carbocycles. The van der Waals surface area contributed by atoms with Crippen molar-refractivity contribution in [3.63, 3.8) is 0 Å². The van der Waals surface area contributed by atoms with Gasteiger partial charge in [-0.2, -0.15) is 0 Å². The van der Waals surface area contributed by atoms with E-state index in [1.165, 1.54) is 19.2 Å². The summed E-state index contributed by atoms with van der Waals surface area (Å²) in [7, 11) is 1.51. The minimum Gasteiger partial charge on any atom is -0.497 e. The van der Waals surface area contributed by atoms with Gasteiger partial charge >= 0.3 is 0 Å². The van der Waals surface area contributed by atoms with Crippen LogP contribution in [0.2, 0.25) is 0 Å². The Kier molecular flexibility index (Phi) is 3.25. The number of rotatable bonds is 3. The van der Waals surface area contributed by atoms with Gasteiger partial charge in [0.2, 0.25) is 0 Å². The van der Waals surface area contributed by atoms with E-state index in [0.29, 0.717) is 5.75 Å². The molecule has 0 unspecified atom stereocenters. The van der Waals surface area contributed by atoms with Crippen LogP contribution in [-0.2, 0) is 0 Å². The quantitative estimate of drug-likeness (QED) is 0.780. The zero-order chi connectivity index (χ0) is 9.84. The molecule has 0 aliphatic heterocycles. The number of methoxy groups -OCH3 is 1. The third-order valence-electron chi connectivity index (χ3n) is 2.00. The van der Waals surface area contributed by atoms with E-state index in [-0.39, 0.29) is 11.9 Å². The van der Waals surface area contributed by atoms with Crippen LogP contribution >= 0.6 is 0 Å². The van der Waals surface area contributed by atoms with Gasteiger partial charge in [-0.1, -0.05) is 6.92 Å². The molecule has 1 rings (SSSR count). The highest BCUT2D eigenvalue weighted by Crippen LogP contribution is 2.21. The standard InChI is InChI=1S/C10H14FNO/c1-3-10(12)7-4-8(11)6-9(5-7)13-2/h4-6,10H,3,12H2,1-2H3/t10-/m1/s1. The molecule has 3 heteroatoms. The largest absolute Gasteiger partial charge is 0.497 e. The van der Waals surface area contributed by atoms with Gasteiger partial charge in [0, 0.05) is 12.1 Å². The van der Waals surface area contributed by atoms with E-state index in [2.05, 4.69) is 0 Å². The van der Waals surface area contributed by atoms with E-state index in [1.54, 1.807) is 6.07 Å². The van der Waals surface area contributed by atoms with Gasteiger partial charge in [-0.15, -0.1) is 0 Å². The minimum atomic E-state index is -0.307. The van der Waals surface area contributed by atoms with Gasteiger partial charge in [0.25, 0.3) is 0 Å². The summed E-state index contributed by atoms with van der Waals surface area (Å²) in [6.07, 6.45) is 0.784. The lowest BCUT2D eigenvalue weighted by Gasteiger charge is -2.10. The highest BCUT2D eigenvalue weighted by atomic mass is 19.1. The fourth-order valence-electron chi connectivity index (χ4n) is 1.15. The van der Waals surface area contributed by atoms with E-state index in [9.17, 15) is 4.39 Å². The molecule has 0 bridgehead atoms. The van der Waals surface area contributed by atoms with Crippen LogP contribution in [0.4, 0.5) is 4.39 Å². The molecule has 2 nitrogen and oxygen atoms in total. The van der Waals surface area contributed by atoms with Crippen LogP contribution in [0.25, 0.3) is 0 Å². The van der Waals surface area contributed by atoms with Crippen molar-refractivity contribution < 1.29 is 9.13 Å². The van der Waals surface area contributed by atoms with Gasteiger partial charge in [-0.25, -0.2) is 4.39 Å². The molecule has 2 N–H and O–H groups in total. The Labute approximate surface area is 77.5 Å². The first-order valence-corrected chi connectivity index (χ1v) is 4.27. The molecule has 0 radical (unpaired) electrons. The second kappa shape index (κ2) is 4.23. The SMILES string of the molecule is CC[C@@H](N)c1cc(F)cc(OC)c1. The Bertz CT molecular complexity index is 288. The van der Waals surface area contributed by atoms with Crippen molar-refractivity contribution in [2.75, 3.05) is 7.11 Å². The summed E-state index contributed by atoms with van der Waals surface area (Å²) in [6, 6.07) is 4.42. The number of nitrogens with two attached hydrogens (primary N) is 1. The first kappa shape index (κ1) is 9.99. The lowest BCUT2D eigenvalue weighted by molar-refractivity contribution is 0.410. The van der Waals surface area contributed by atoms with Crippen LogP contribution < -0.4 is 10.5 Å². The first-order valence-electron chi connectivity index (χ1n) is 4.27. The van der Waals surface area contributed by atoms with E-state index in [4.69, 9.17) is 10.5 Å². The van der Waals surface area contributed by atoms with E-state index in [1.807, 2.05) is 6.92 Å². The highest BCUT2D eigenvalue weighted by molar-refractivity contribution is 5.31. The predicted molar refractivity (Wildman–Crippen MR) is 50.2 cm³/mol. The maximum atomic E-state index is 13.0. The first-order chi connectivity index (χ1) is 6.17. The minimum absolute atomic E-state index is 0.121. The van der Waals surface area contributed by atoms with Crippen molar-refractivity contribution in [2.24, 2.45) is 5.73 Å². The van der Waals surface area contributed by atoms with E-state index >= 15 is 0 Å².